The van der Waals surface area contributed by atoms with Crippen molar-refractivity contribution in [3.05, 3.63) is 27.4 Å². The summed E-state index contributed by atoms with van der Waals surface area (Å²) >= 11 is 0. The van der Waals surface area contributed by atoms with Crippen LogP contribution in [-0.2, 0) is 6.42 Å². The quantitative estimate of drug-likeness (QED) is 0.794. The molecule has 0 radical (unpaired) electrons. The molecule has 2 fully saturated rings. The van der Waals surface area contributed by atoms with Gasteiger partial charge in [-0.05, 0) is 38.6 Å². The van der Waals surface area contributed by atoms with Crippen molar-refractivity contribution >= 4 is 0 Å². The van der Waals surface area contributed by atoms with Gasteiger partial charge in [-0.1, -0.05) is 0 Å². The molecular weight excluding hydrogens is 202 g/mol. The van der Waals surface area contributed by atoms with Gasteiger partial charge in [-0.2, -0.15) is 0 Å². The first-order valence-corrected chi connectivity index (χ1v) is 6.12. The molecule has 1 aromatic heterocycles. The Morgan fingerprint density at radius 2 is 1.94 bits per heavy atom. The van der Waals surface area contributed by atoms with E-state index in [-0.39, 0.29) is 5.56 Å². The Bertz CT molecular complexity index is 458. The molecule has 0 aliphatic heterocycles. The van der Waals surface area contributed by atoms with Gasteiger partial charge < -0.3 is 10.7 Å². The normalized spacial score (nSPS) is 20.1. The van der Waals surface area contributed by atoms with Crippen LogP contribution in [0.15, 0.2) is 4.79 Å². The summed E-state index contributed by atoms with van der Waals surface area (Å²) in [4.78, 5) is 19.6. The van der Waals surface area contributed by atoms with Gasteiger partial charge >= 0.3 is 0 Å². The van der Waals surface area contributed by atoms with E-state index in [9.17, 15) is 4.79 Å². The molecule has 16 heavy (non-hydrogen) atoms. The van der Waals surface area contributed by atoms with E-state index < -0.39 is 0 Å². The highest BCUT2D eigenvalue weighted by atomic mass is 16.1. The van der Waals surface area contributed by atoms with Gasteiger partial charge in [-0.25, -0.2) is 4.98 Å². The lowest BCUT2D eigenvalue weighted by molar-refractivity contribution is 0.806. The number of nitrogens with one attached hydrogen (secondary N) is 1. The maximum atomic E-state index is 12.0. The minimum Gasteiger partial charge on any atom is -0.330 e. The summed E-state index contributed by atoms with van der Waals surface area (Å²) in [6.07, 6.45) is 5.35. The largest absolute Gasteiger partial charge is 0.330 e. The molecule has 4 heteroatoms. The van der Waals surface area contributed by atoms with Crippen LogP contribution in [0.25, 0.3) is 0 Å². The second-order valence-electron chi connectivity index (χ2n) is 4.90. The summed E-state index contributed by atoms with van der Waals surface area (Å²) in [5, 5.41) is 0. The number of rotatable bonds is 4. The Labute approximate surface area is 94.3 Å². The summed E-state index contributed by atoms with van der Waals surface area (Å²) in [5.41, 5.74) is 7.46. The highest BCUT2D eigenvalue weighted by molar-refractivity contribution is 5.27. The predicted molar refractivity (Wildman–Crippen MR) is 61.6 cm³/mol. The lowest BCUT2D eigenvalue weighted by atomic mass is 10.1. The fraction of sp³-hybridized carbons (Fsp3) is 0.667. The van der Waals surface area contributed by atoms with Gasteiger partial charge in [0, 0.05) is 17.4 Å². The Balaban J connectivity index is 2.04. The highest BCUT2D eigenvalue weighted by Crippen LogP contribution is 2.42. The van der Waals surface area contributed by atoms with Crippen LogP contribution in [0.1, 0.15) is 54.6 Å². The van der Waals surface area contributed by atoms with Crippen molar-refractivity contribution in [1.82, 2.24) is 9.97 Å². The monoisotopic (exact) mass is 219 g/mol. The molecule has 0 saturated heterocycles. The number of nitrogens with zero attached hydrogens (tertiary/aromatic N) is 1. The fourth-order valence-corrected chi connectivity index (χ4v) is 2.16. The zero-order valence-electron chi connectivity index (χ0n) is 9.33. The third-order valence-electron chi connectivity index (χ3n) is 3.39. The standard InChI is InChI=1S/C12H17N3O/c13-6-5-9-10(7-1-2-7)14-11(8-3-4-8)15-12(9)16/h7-8H,1-6,13H2,(H,14,15,16). The predicted octanol–water partition coefficient (Wildman–Crippen LogP) is 1.03. The van der Waals surface area contributed by atoms with E-state index in [2.05, 4.69) is 9.97 Å². The van der Waals surface area contributed by atoms with Gasteiger partial charge in [0.15, 0.2) is 0 Å². The molecule has 1 heterocycles. The average Bonchev–Trinajstić information content (AvgIpc) is 3.15. The van der Waals surface area contributed by atoms with Crippen LogP contribution in [0.5, 0.6) is 0 Å². The Morgan fingerprint density at radius 3 is 2.50 bits per heavy atom. The average molecular weight is 219 g/mol. The number of nitrogens with two attached hydrogens (primary N) is 1. The second-order valence-corrected chi connectivity index (χ2v) is 4.90. The molecule has 0 atom stereocenters. The van der Waals surface area contributed by atoms with Gasteiger partial charge in [-0.15, -0.1) is 0 Å². The Kier molecular flexibility index (Phi) is 2.32. The number of hydrogen-bond acceptors (Lipinski definition) is 3. The molecule has 2 saturated carbocycles. The van der Waals surface area contributed by atoms with Gasteiger partial charge in [-0.3, -0.25) is 4.79 Å². The maximum absolute atomic E-state index is 12.0. The van der Waals surface area contributed by atoms with E-state index in [0.29, 0.717) is 24.8 Å². The number of H-pyrrole nitrogens is 1. The van der Waals surface area contributed by atoms with E-state index in [4.69, 9.17) is 5.73 Å². The minimum absolute atomic E-state index is 0.0456. The first-order chi connectivity index (χ1) is 7.79. The van der Waals surface area contributed by atoms with E-state index in [1.165, 1.54) is 25.7 Å². The van der Waals surface area contributed by atoms with E-state index in [0.717, 1.165) is 17.1 Å². The maximum Gasteiger partial charge on any atom is 0.254 e. The van der Waals surface area contributed by atoms with Crippen LogP contribution >= 0.6 is 0 Å². The van der Waals surface area contributed by atoms with Crippen molar-refractivity contribution < 1.29 is 0 Å². The third-order valence-corrected chi connectivity index (χ3v) is 3.39. The highest BCUT2D eigenvalue weighted by Gasteiger charge is 2.32. The van der Waals surface area contributed by atoms with Gasteiger partial charge in [0.05, 0.1) is 5.69 Å². The zero-order valence-corrected chi connectivity index (χ0v) is 9.33. The molecule has 3 rings (SSSR count). The summed E-state index contributed by atoms with van der Waals surface area (Å²) in [6, 6.07) is 0. The van der Waals surface area contributed by atoms with Crippen LogP contribution in [0.3, 0.4) is 0 Å². The molecule has 0 spiro atoms. The molecule has 0 aromatic carbocycles. The SMILES string of the molecule is NCCc1c(C2CC2)nc(C2CC2)[nH]c1=O. The Morgan fingerprint density at radius 1 is 1.25 bits per heavy atom. The molecule has 2 aliphatic rings. The molecule has 1 aromatic rings. The second kappa shape index (κ2) is 3.70. The molecular formula is C12H17N3O. The number of aromatic nitrogens is 2. The third kappa shape index (κ3) is 1.78. The van der Waals surface area contributed by atoms with Crippen molar-refractivity contribution in [2.24, 2.45) is 5.73 Å². The first-order valence-electron chi connectivity index (χ1n) is 6.12. The molecule has 0 amide bonds. The number of hydrogen-bond donors (Lipinski definition) is 2. The van der Waals surface area contributed by atoms with Crippen molar-refractivity contribution in [1.29, 1.82) is 0 Å². The molecule has 2 aliphatic carbocycles. The zero-order chi connectivity index (χ0) is 11.1. The van der Waals surface area contributed by atoms with Crippen LogP contribution in [0.2, 0.25) is 0 Å². The molecule has 0 unspecified atom stereocenters. The lowest BCUT2D eigenvalue weighted by Crippen LogP contribution is -2.22. The van der Waals surface area contributed by atoms with Gasteiger partial charge in [0.2, 0.25) is 0 Å². The van der Waals surface area contributed by atoms with Crippen molar-refractivity contribution in [2.75, 3.05) is 6.54 Å². The smallest absolute Gasteiger partial charge is 0.254 e. The molecule has 3 N–H and O–H groups in total. The van der Waals surface area contributed by atoms with E-state index in [1.54, 1.807) is 0 Å². The fourth-order valence-electron chi connectivity index (χ4n) is 2.16. The molecule has 4 nitrogen and oxygen atoms in total. The van der Waals surface area contributed by atoms with Crippen LogP contribution in [0, 0.1) is 0 Å². The topological polar surface area (TPSA) is 71.8 Å². The summed E-state index contributed by atoms with van der Waals surface area (Å²) < 4.78 is 0. The molecule has 0 bridgehead atoms. The Hall–Kier alpha value is -1.16. The van der Waals surface area contributed by atoms with Crippen molar-refractivity contribution in [3.63, 3.8) is 0 Å². The summed E-state index contributed by atoms with van der Waals surface area (Å²) in [7, 11) is 0. The van der Waals surface area contributed by atoms with E-state index in [1.807, 2.05) is 0 Å². The lowest BCUT2D eigenvalue weighted by Gasteiger charge is -2.08. The van der Waals surface area contributed by atoms with Gasteiger partial charge in [0.25, 0.3) is 5.56 Å². The van der Waals surface area contributed by atoms with Crippen molar-refractivity contribution in [3.8, 4) is 0 Å². The van der Waals surface area contributed by atoms with E-state index >= 15 is 0 Å². The minimum atomic E-state index is 0.0456. The van der Waals surface area contributed by atoms with Gasteiger partial charge in [0.1, 0.15) is 5.82 Å². The van der Waals surface area contributed by atoms with Crippen molar-refractivity contribution in [2.45, 2.75) is 43.9 Å². The molecule has 86 valence electrons. The van der Waals surface area contributed by atoms with Crippen LogP contribution in [-0.4, -0.2) is 16.5 Å². The van der Waals surface area contributed by atoms with Crippen LogP contribution in [0.4, 0.5) is 0 Å². The van der Waals surface area contributed by atoms with Crippen LogP contribution < -0.4 is 11.3 Å². The first kappa shape index (κ1) is 10.0. The number of aromatic amines is 1. The summed E-state index contributed by atoms with van der Waals surface area (Å²) in [5.74, 6) is 1.95. The summed E-state index contributed by atoms with van der Waals surface area (Å²) in [6.45, 7) is 0.521.